The minimum absolute atomic E-state index is 0.159. The van der Waals surface area contributed by atoms with Gasteiger partial charge in [-0.05, 0) is 55.8 Å². The Morgan fingerprint density at radius 2 is 1.76 bits per heavy atom. The van der Waals surface area contributed by atoms with Gasteiger partial charge < -0.3 is 0 Å². The quantitative estimate of drug-likeness (QED) is 0.350. The first kappa shape index (κ1) is 22.1. The molecule has 4 aliphatic heterocycles. The number of halogens is 2. The number of imide groups is 1. The molecule has 3 aromatic carbocycles. The number of hydrogen-bond acceptors (Lipinski definition) is 5. The molecule has 0 saturated carbocycles. The lowest BCUT2D eigenvalue weighted by molar-refractivity contribution is -0.124. The SMILES string of the molecule is O=C1[C@H]2[C@H]3CCCN3[C@@]3(c4ccccc4-n4c3nc3ccccc3c4=O)[C@H]2C(=O)N1c1ccc(F)c(Cl)c1. The molecule has 4 aromatic rings. The third-order valence-corrected chi connectivity index (χ3v) is 9.09. The highest BCUT2D eigenvalue weighted by molar-refractivity contribution is 6.31. The van der Waals surface area contributed by atoms with E-state index < -0.39 is 23.2 Å². The summed E-state index contributed by atoms with van der Waals surface area (Å²) in [7, 11) is 0. The number of anilines is 1. The maximum Gasteiger partial charge on any atom is 0.266 e. The topological polar surface area (TPSA) is 75.5 Å². The van der Waals surface area contributed by atoms with Crippen LogP contribution in [-0.2, 0) is 15.1 Å². The van der Waals surface area contributed by atoms with Gasteiger partial charge in [0.1, 0.15) is 17.2 Å². The van der Waals surface area contributed by atoms with Crippen molar-refractivity contribution in [2.75, 3.05) is 11.4 Å². The molecule has 9 heteroatoms. The lowest BCUT2D eigenvalue weighted by Crippen LogP contribution is -2.51. The molecule has 0 aliphatic carbocycles. The van der Waals surface area contributed by atoms with E-state index in [1.54, 1.807) is 16.7 Å². The van der Waals surface area contributed by atoms with Crippen molar-refractivity contribution in [1.29, 1.82) is 0 Å². The van der Waals surface area contributed by atoms with Crippen LogP contribution in [0.1, 0.15) is 24.2 Å². The highest BCUT2D eigenvalue weighted by Gasteiger charge is 2.73. The maximum absolute atomic E-state index is 14.4. The van der Waals surface area contributed by atoms with E-state index in [1.165, 1.54) is 12.1 Å². The van der Waals surface area contributed by atoms with Crippen molar-refractivity contribution in [2.24, 2.45) is 11.8 Å². The highest BCUT2D eigenvalue weighted by atomic mass is 35.5. The van der Waals surface area contributed by atoms with Crippen LogP contribution in [0.4, 0.5) is 10.1 Å². The molecular formula is C29H20ClFN4O3. The largest absolute Gasteiger partial charge is 0.283 e. The van der Waals surface area contributed by atoms with Crippen molar-refractivity contribution in [3.05, 3.63) is 99.3 Å². The monoisotopic (exact) mass is 526 g/mol. The molecule has 7 nitrogen and oxygen atoms in total. The standard InChI is InChI=1S/C29H20ClFN4O3/c30-18-14-15(11-12-19(18)31)34-26(37)23-22-10-5-13-33(22)29(24(23)27(34)38)17-7-2-4-9-21(17)35-25(36)16-6-1-3-8-20(16)32-28(29)35/h1-4,6-9,11-12,14,22-24H,5,10,13H2/t22-,23+,24-,29+/m1/s1. The first-order chi connectivity index (χ1) is 18.4. The number of fused-ring (bicyclic) bond motifs is 11. The van der Waals surface area contributed by atoms with E-state index in [-0.39, 0.29) is 34.1 Å². The number of para-hydroxylation sites is 2. The number of carbonyl (C=O) groups excluding carboxylic acids is 2. The Morgan fingerprint density at radius 3 is 2.61 bits per heavy atom. The normalized spacial score (nSPS) is 27.3. The first-order valence-electron chi connectivity index (χ1n) is 12.7. The third kappa shape index (κ3) is 2.43. The van der Waals surface area contributed by atoms with Crippen LogP contribution in [0.5, 0.6) is 0 Å². The number of nitrogens with zero attached hydrogens (tertiary/aromatic N) is 4. The van der Waals surface area contributed by atoms with Gasteiger partial charge in [-0.1, -0.05) is 41.9 Å². The van der Waals surface area contributed by atoms with Crippen LogP contribution >= 0.6 is 11.6 Å². The lowest BCUT2D eigenvalue weighted by atomic mass is 9.75. The molecule has 188 valence electrons. The second-order valence-electron chi connectivity index (χ2n) is 10.4. The van der Waals surface area contributed by atoms with Crippen molar-refractivity contribution in [1.82, 2.24) is 14.5 Å². The fourth-order valence-electron chi connectivity index (χ4n) is 7.49. The van der Waals surface area contributed by atoms with Crippen LogP contribution in [0.2, 0.25) is 5.02 Å². The van der Waals surface area contributed by atoms with Crippen LogP contribution in [-0.4, -0.2) is 38.9 Å². The van der Waals surface area contributed by atoms with Crippen LogP contribution < -0.4 is 10.5 Å². The summed E-state index contributed by atoms with van der Waals surface area (Å²) in [4.78, 5) is 50.8. The molecule has 0 bridgehead atoms. The number of aromatic nitrogens is 2. The van der Waals surface area contributed by atoms with E-state index >= 15 is 0 Å². The van der Waals surface area contributed by atoms with Crippen LogP contribution in [0.15, 0.2) is 71.5 Å². The Labute approximate surface area is 221 Å². The molecule has 5 heterocycles. The summed E-state index contributed by atoms with van der Waals surface area (Å²) in [6.07, 6.45) is 1.61. The van der Waals surface area contributed by atoms with Crippen LogP contribution in [0.3, 0.4) is 0 Å². The van der Waals surface area contributed by atoms with E-state index in [1.807, 2.05) is 36.4 Å². The van der Waals surface area contributed by atoms with E-state index in [4.69, 9.17) is 16.6 Å². The third-order valence-electron chi connectivity index (χ3n) is 8.80. The molecule has 4 atom stereocenters. The van der Waals surface area contributed by atoms with Gasteiger partial charge in [-0.15, -0.1) is 0 Å². The van der Waals surface area contributed by atoms with Crippen molar-refractivity contribution < 1.29 is 14.0 Å². The Balaban J connectivity index is 1.44. The van der Waals surface area contributed by atoms with Gasteiger partial charge in [0.15, 0.2) is 0 Å². The molecule has 4 aliphatic rings. The van der Waals surface area contributed by atoms with Crippen LogP contribution in [0.25, 0.3) is 16.6 Å². The summed E-state index contributed by atoms with van der Waals surface area (Å²) in [6.45, 7) is 0.678. The first-order valence-corrected chi connectivity index (χ1v) is 13.0. The van der Waals surface area contributed by atoms with Gasteiger partial charge in [0.05, 0.1) is 39.1 Å². The van der Waals surface area contributed by atoms with Crippen molar-refractivity contribution >= 4 is 40.0 Å². The minimum atomic E-state index is -1.09. The van der Waals surface area contributed by atoms with Gasteiger partial charge in [0, 0.05) is 11.6 Å². The highest BCUT2D eigenvalue weighted by Crippen LogP contribution is 2.62. The van der Waals surface area contributed by atoms with Crippen molar-refractivity contribution in [3.63, 3.8) is 0 Å². The van der Waals surface area contributed by atoms with Gasteiger partial charge in [-0.25, -0.2) is 14.3 Å². The predicted molar refractivity (Wildman–Crippen MR) is 139 cm³/mol. The van der Waals surface area contributed by atoms with E-state index in [9.17, 15) is 18.8 Å². The summed E-state index contributed by atoms with van der Waals surface area (Å²) in [5.41, 5.74) is 0.995. The zero-order chi connectivity index (χ0) is 25.9. The number of benzene rings is 3. The molecule has 8 rings (SSSR count). The molecule has 1 spiro atoms. The number of amides is 2. The Kier molecular flexibility index (Phi) is 4.29. The number of rotatable bonds is 1. The molecule has 0 radical (unpaired) electrons. The molecule has 3 fully saturated rings. The summed E-state index contributed by atoms with van der Waals surface area (Å²) >= 11 is 6.04. The van der Waals surface area contributed by atoms with Gasteiger partial charge in [0.25, 0.3) is 5.56 Å². The molecule has 0 unspecified atom stereocenters. The second-order valence-corrected chi connectivity index (χ2v) is 10.8. The summed E-state index contributed by atoms with van der Waals surface area (Å²) < 4.78 is 15.6. The summed E-state index contributed by atoms with van der Waals surface area (Å²) in [6, 6.07) is 18.5. The molecule has 1 aromatic heterocycles. The second kappa shape index (κ2) is 7.36. The fraction of sp³-hybridized carbons (Fsp3) is 0.241. The Bertz CT molecular complexity index is 1800. The smallest absolute Gasteiger partial charge is 0.266 e. The summed E-state index contributed by atoms with van der Waals surface area (Å²) in [5, 5.41) is 0.334. The van der Waals surface area contributed by atoms with Crippen molar-refractivity contribution in [2.45, 2.75) is 24.4 Å². The summed E-state index contributed by atoms with van der Waals surface area (Å²) in [5.74, 6) is -2.29. The van der Waals surface area contributed by atoms with Gasteiger partial charge >= 0.3 is 0 Å². The number of hydrogen-bond donors (Lipinski definition) is 0. The lowest BCUT2D eigenvalue weighted by Gasteiger charge is -2.38. The maximum atomic E-state index is 14.4. The van der Waals surface area contributed by atoms with E-state index in [0.29, 0.717) is 29.0 Å². The number of carbonyl (C=O) groups is 2. The zero-order valence-electron chi connectivity index (χ0n) is 20.0. The Hall–Kier alpha value is -3.88. The van der Waals surface area contributed by atoms with Gasteiger partial charge in [0.2, 0.25) is 11.8 Å². The minimum Gasteiger partial charge on any atom is -0.283 e. The molecular weight excluding hydrogens is 507 g/mol. The van der Waals surface area contributed by atoms with E-state index in [2.05, 4.69) is 4.90 Å². The van der Waals surface area contributed by atoms with Crippen molar-refractivity contribution in [3.8, 4) is 5.69 Å². The molecule has 2 amide bonds. The van der Waals surface area contributed by atoms with Crippen LogP contribution in [0, 0.1) is 17.7 Å². The molecule has 0 N–H and O–H groups in total. The van der Waals surface area contributed by atoms with Gasteiger partial charge in [-0.3, -0.25) is 23.9 Å². The zero-order valence-corrected chi connectivity index (χ0v) is 20.7. The molecule has 38 heavy (non-hydrogen) atoms. The molecule has 3 saturated heterocycles. The average Bonchev–Trinajstić information content (AvgIpc) is 3.63. The Morgan fingerprint density at radius 1 is 0.974 bits per heavy atom. The predicted octanol–water partition coefficient (Wildman–Crippen LogP) is 4.02. The van der Waals surface area contributed by atoms with E-state index in [0.717, 1.165) is 29.4 Å². The van der Waals surface area contributed by atoms with Gasteiger partial charge in [-0.2, -0.15) is 0 Å². The fourth-order valence-corrected chi connectivity index (χ4v) is 7.67. The average molecular weight is 527 g/mol.